The summed E-state index contributed by atoms with van der Waals surface area (Å²) >= 11 is 0. The molecule has 0 aliphatic carbocycles. The number of anilines is 2. The average Bonchev–Trinajstić information content (AvgIpc) is 2.65. The fourth-order valence-corrected chi connectivity index (χ4v) is 2.06. The Hall–Kier alpha value is -2.87. The summed E-state index contributed by atoms with van der Waals surface area (Å²) in [6.45, 7) is 1.36. The number of carbonyl (C=O) groups excluding carboxylic acids is 1. The van der Waals surface area contributed by atoms with E-state index in [1.54, 1.807) is 32.4 Å². The second kappa shape index (κ2) is 9.43. The molecular weight excluding hydrogens is 324 g/mol. The van der Waals surface area contributed by atoms with Crippen LogP contribution in [0.2, 0.25) is 0 Å². The molecule has 0 spiro atoms. The van der Waals surface area contributed by atoms with E-state index in [9.17, 15) is 4.79 Å². The molecule has 0 atom stereocenters. The van der Waals surface area contributed by atoms with E-state index in [4.69, 9.17) is 14.2 Å². The predicted octanol–water partition coefficient (Wildman–Crippen LogP) is 2.19. The van der Waals surface area contributed by atoms with Crippen LogP contribution in [0.3, 0.4) is 0 Å². The first-order valence-electron chi connectivity index (χ1n) is 7.76. The van der Waals surface area contributed by atoms with Crippen molar-refractivity contribution in [1.29, 1.82) is 0 Å². The number of ether oxygens (including phenoxy) is 3. The fraction of sp³-hybridized carbons (Fsp3) is 0.353. The number of methoxy groups -OCH3 is 3. The van der Waals surface area contributed by atoms with Gasteiger partial charge in [0, 0.05) is 38.7 Å². The molecule has 8 nitrogen and oxygen atoms in total. The molecule has 0 aliphatic rings. The Kier molecular flexibility index (Phi) is 6.97. The summed E-state index contributed by atoms with van der Waals surface area (Å²) in [5.41, 5.74) is 0.848. The van der Waals surface area contributed by atoms with Crippen molar-refractivity contribution in [3.63, 3.8) is 0 Å². The van der Waals surface area contributed by atoms with Crippen molar-refractivity contribution < 1.29 is 19.0 Å². The molecule has 0 unspecified atom stereocenters. The largest absolute Gasteiger partial charge is 0.497 e. The zero-order valence-electron chi connectivity index (χ0n) is 14.5. The summed E-state index contributed by atoms with van der Waals surface area (Å²) in [6.07, 6.45) is 3.78. The van der Waals surface area contributed by atoms with Crippen molar-refractivity contribution in [3.05, 3.63) is 36.2 Å². The van der Waals surface area contributed by atoms with E-state index in [1.807, 2.05) is 0 Å². The average molecular weight is 346 g/mol. The van der Waals surface area contributed by atoms with Crippen LogP contribution in [0.4, 0.5) is 11.6 Å². The molecule has 0 radical (unpaired) electrons. The minimum Gasteiger partial charge on any atom is -0.497 e. The van der Waals surface area contributed by atoms with Gasteiger partial charge in [-0.1, -0.05) is 0 Å². The van der Waals surface area contributed by atoms with Gasteiger partial charge in [0.05, 0.1) is 25.5 Å². The highest BCUT2D eigenvalue weighted by atomic mass is 16.5. The molecule has 1 heterocycles. The number of rotatable bonds is 9. The van der Waals surface area contributed by atoms with Crippen LogP contribution in [-0.4, -0.2) is 50.4 Å². The van der Waals surface area contributed by atoms with Gasteiger partial charge in [-0.15, -0.1) is 0 Å². The van der Waals surface area contributed by atoms with E-state index in [0.29, 0.717) is 41.8 Å². The Morgan fingerprint density at radius 3 is 2.52 bits per heavy atom. The maximum absolute atomic E-state index is 12.4. The normalized spacial score (nSPS) is 10.2. The smallest absolute Gasteiger partial charge is 0.258 e. The molecule has 0 saturated heterocycles. The standard InChI is InChI=1S/C17H22N4O4/c1-23-8-4-7-18-17-19-10-12(11-20-17)16(22)21-14-9-13(24-2)5-6-15(14)25-3/h5-6,9-11H,4,7-8H2,1-3H3,(H,21,22)(H,18,19,20). The number of amides is 1. The Morgan fingerprint density at radius 1 is 1.12 bits per heavy atom. The van der Waals surface area contributed by atoms with E-state index < -0.39 is 0 Å². The predicted molar refractivity (Wildman–Crippen MR) is 94.5 cm³/mol. The van der Waals surface area contributed by atoms with Crippen LogP contribution in [0.25, 0.3) is 0 Å². The van der Waals surface area contributed by atoms with Crippen molar-refractivity contribution >= 4 is 17.5 Å². The van der Waals surface area contributed by atoms with E-state index in [0.717, 1.165) is 6.42 Å². The minimum atomic E-state index is -0.336. The number of nitrogens with zero attached hydrogens (tertiary/aromatic N) is 2. The number of hydrogen-bond donors (Lipinski definition) is 2. The molecule has 0 saturated carbocycles. The Labute approximate surface area is 146 Å². The van der Waals surface area contributed by atoms with Gasteiger partial charge >= 0.3 is 0 Å². The molecule has 2 rings (SSSR count). The zero-order chi connectivity index (χ0) is 18.1. The third-order valence-electron chi connectivity index (χ3n) is 3.38. The monoisotopic (exact) mass is 346 g/mol. The Morgan fingerprint density at radius 2 is 1.88 bits per heavy atom. The topological polar surface area (TPSA) is 94.6 Å². The van der Waals surface area contributed by atoms with E-state index >= 15 is 0 Å². The number of nitrogens with one attached hydrogen (secondary N) is 2. The lowest BCUT2D eigenvalue weighted by Gasteiger charge is -2.11. The summed E-state index contributed by atoms with van der Waals surface area (Å²) in [4.78, 5) is 20.6. The van der Waals surface area contributed by atoms with Crippen LogP contribution in [0.1, 0.15) is 16.8 Å². The van der Waals surface area contributed by atoms with Crippen LogP contribution in [0, 0.1) is 0 Å². The lowest BCUT2D eigenvalue weighted by molar-refractivity contribution is 0.102. The van der Waals surface area contributed by atoms with Crippen molar-refractivity contribution in [2.24, 2.45) is 0 Å². The third-order valence-corrected chi connectivity index (χ3v) is 3.38. The number of benzene rings is 1. The Balaban J connectivity index is 2.01. The fourth-order valence-electron chi connectivity index (χ4n) is 2.06. The molecule has 2 N–H and O–H groups in total. The van der Waals surface area contributed by atoms with E-state index in [1.165, 1.54) is 19.5 Å². The van der Waals surface area contributed by atoms with Gasteiger partial charge in [0.25, 0.3) is 5.91 Å². The van der Waals surface area contributed by atoms with Crippen LogP contribution < -0.4 is 20.1 Å². The molecule has 25 heavy (non-hydrogen) atoms. The van der Waals surface area contributed by atoms with Gasteiger partial charge in [0.15, 0.2) is 0 Å². The highest BCUT2D eigenvalue weighted by Crippen LogP contribution is 2.29. The van der Waals surface area contributed by atoms with Crippen molar-refractivity contribution in [1.82, 2.24) is 9.97 Å². The lowest BCUT2D eigenvalue weighted by Crippen LogP contribution is -2.14. The van der Waals surface area contributed by atoms with Gasteiger partial charge in [-0.3, -0.25) is 4.79 Å². The first-order chi connectivity index (χ1) is 12.2. The molecular formula is C17H22N4O4. The summed E-state index contributed by atoms with van der Waals surface area (Å²) in [5.74, 6) is 1.28. The van der Waals surface area contributed by atoms with E-state index in [-0.39, 0.29) is 5.91 Å². The second-order valence-electron chi connectivity index (χ2n) is 5.09. The van der Waals surface area contributed by atoms with Gasteiger partial charge in [-0.05, 0) is 18.6 Å². The first-order valence-corrected chi connectivity index (χ1v) is 7.76. The number of hydrogen-bond acceptors (Lipinski definition) is 7. The SMILES string of the molecule is COCCCNc1ncc(C(=O)Nc2cc(OC)ccc2OC)cn1. The van der Waals surface area contributed by atoms with Gasteiger partial charge in [0.2, 0.25) is 5.95 Å². The van der Waals surface area contributed by atoms with Gasteiger partial charge < -0.3 is 24.8 Å². The molecule has 2 aromatic rings. The summed E-state index contributed by atoms with van der Waals surface area (Å²) < 4.78 is 15.4. The minimum absolute atomic E-state index is 0.336. The highest BCUT2D eigenvalue weighted by molar-refractivity contribution is 6.04. The van der Waals surface area contributed by atoms with Gasteiger partial charge in [-0.25, -0.2) is 9.97 Å². The number of carbonyl (C=O) groups is 1. The molecule has 0 aliphatic heterocycles. The van der Waals surface area contributed by atoms with Crippen molar-refractivity contribution in [2.75, 3.05) is 45.1 Å². The molecule has 1 aromatic carbocycles. The quantitative estimate of drug-likeness (QED) is 0.672. The maximum atomic E-state index is 12.4. The van der Waals surface area contributed by atoms with Crippen LogP contribution in [0.15, 0.2) is 30.6 Å². The molecule has 1 amide bonds. The molecule has 134 valence electrons. The number of aromatic nitrogens is 2. The second-order valence-corrected chi connectivity index (χ2v) is 5.09. The molecule has 1 aromatic heterocycles. The van der Waals surface area contributed by atoms with Gasteiger partial charge in [-0.2, -0.15) is 0 Å². The summed E-state index contributed by atoms with van der Waals surface area (Å²) in [6, 6.07) is 5.16. The van der Waals surface area contributed by atoms with Crippen molar-refractivity contribution in [3.8, 4) is 11.5 Å². The van der Waals surface area contributed by atoms with Crippen molar-refractivity contribution in [2.45, 2.75) is 6.42 Å². The lowest BCUT2D eigenvalue weighted by atomic mass is 10.2. The zero-order valence-corrected chi connectivity index (χ0v) is 14.5. The summed E-state index contributed by atoms with van der Waals surface area (Å²) in [7, 11) is 4.74. The third kappa shape index (κ3) is 5.32. The first kappa shape index (κ1) is 18.5. The molecule has 0 fully saturated rings. The van der Waals surface area contributed by atoms with Crippen LogP contribution in [0.5, 0.6) is 11.5 Å². The Bertz CT molecular complexity index is 692. The molecule has 0 bridgehead atoms. The van der Waals surface area contributed by atoms with Crippen LogP contribution in [-0.2, 0) is 4.74 Å². The highest BCUT2D eigenvalue weighted by Gasteiger charge is 2.12. The van der Waals surface area contributed by atoms with Gasteiger partial charge in [0.1, 0.15) is 11.5 Å². The summed E-state index contributed by atoms with van der Waals surface area (Å²) in [5, 5.41) is 5.83. The van der Waals surface area contributed by atoms with Crippen LogP contribution >= 0.6 is 0 Å². The van der Waals surface area contributed by atoms with E-state index in [2.05, 4.69) is 20.6 Å². The molecule has 8 heteroatoms. The maximum Gasteiger partial charge on any atom is 0.258 e.